The Labute approximate surface area is 88.7 Å². The van der Waals surface area contributed by atoms with Gasteiger partial charge in [-0.1, -0.05) is 40.9 Å². The fourth-order valence-corrected chi connectivity index (χ4v) is 0.118. The minimum Gasteiger partial charge on any atom is -0.344 e. The van der Waals surface area contributed by atoms with Crippen LogP contribution in [0.15, 0.2) is 22.7 Å². The van der Waals surface area contributed by atoms with Crippen molar-refractivity contribution in [1.82, 2.24) is 12.3 Å². The quantitative estimate of drug-likeness (QED) is 0.642. The summed E-state index contributed by atoms with van der Waals surface area (Å²) in [6.07, 6.45) is 2.74. The first-order chi connectivity index (χ1) is 4.68. The highest BCUT2D eigenvalue weighted by atomic mass is 35.5. The van der Waals surface area contributed by atoms with E-state index in [2.05, 4.69) is 6.58 Å². The monoisotopic (exact) mass is 235 g/mol. The Hall–Kier alpha value is 0.230. The van der Waals surface area contributed by atoms with Crippen molar-refractivity contribution >= 4 is 34.8 Å². The Balaban J connectivity index is -0.0000000457. The summed E-state index contributed by atoms with van der Waals surface area (Å²) in [5.41, 5.74) is 6.15. The molecule has 8 N–H and O–H groups in total. The van der Waals surface area contributed by atoms with Gasteiger partial charge >= 0.3 is 0 Å². The van der Waals surface area contributed by atoms with E-state index < -0.39 is 0 Å². The molecule has 0 aromatic heterocycles. The van der Waals surface area contributed by atoms with Crippen molar-refractivity contribution in [1.29, 1.82) is 0 Å². The molecule has 0 spiro atoms. The van der Waals surface area contributed by atoms with Crippen LogP contribution in [0.4, 0.5) is 0 Å². The summed E-state index contributed by atoms with van der Waals surface area (Å²) in [5.74, 6) is 0. The SMILES string of the molecule is C=CCCN.ClC=C(Cl)Cl.N.N. The number of hydrogen-bond donors (Lipinski definition) is 3. The average molecular weight is 237 g/mol. The van der Waals surface area contributed by atoms with Crippen LogP contribution in [0.2, 0.25) is 0 Å². The molecule has 0 unspecified atom stereocenters. The second-order valence-corrected chi connectivity index (χ2v) is 2.49. The van der Waals surface area contributed by atoms with Crippen LogP contribution < -0.4 is 18.0 Å². The van der Waals surface area contributed by atoms with Gasteiger partial charge in [0.25, 0.3) is 0 Å². The van der Waals surface area contributed by atoms with E-state index in [1.807, 2.05) is 0 Å². The normalized spacial score (nSPS) is 6.00. The second-order valence-electron chi connectivity index (χ2n) is 1.26. The summed E-state index contributed by atoms with van der Waals surface area (Å²) >= 11 is 14.8. The predicted octanol–water partition coefficient (Wildman–Crippen LogP) is 3.35. The molecule has 0 aromatic carbocycles. The highest BCUT2D eigenvalue weighted by Gasteiger charge is 1.70. The molecule has 6 heteroatoms. The van der Waals surface area contributed by atoms with E-state index in [1.165, 1.54) is 0 Å². The van der Waals surface area contributed by atoms with Crippen molar-refractivity contribution in [3.8, 4) is 0 Å². The van der Waals surface area contributed by atoms with Gasteiger partial charge in [0.05, 0.1) is 0 Å². The van der Waals surface area contributed by atoms with Crippen molar-refractivity contribution in [3.05, 3.63) is 22.7 Å². The van der Waals surface area contributed by atoms with E-state index in [0.29, 0.717) is 0 Å². The van der Waals surface area contributed by atoms with Crippen LogP contribution in [0, 0.1) is 0 Å². The van der Waals surface area contributed by atoms with Crippen LogP contribution in [0.3, 0.4) is 0 Å². The molecule has 0 fully saturated rings. The predicted molar refractivity (Wildman–Crippen MR) is 59.6 cm³/mol. The van der Waals surface area contributed by atoms with Crippen LogP contribution in [0.1, 0.15) is 6.42 Å². The van der Waals surface area contributed by atoms with Gasteiger partial charge in [-0.05, 0) is 13.0 Å². The van der Waals surface area contributed by atoms with Crippen molar-refractivity contribution in [3.63, 3.8) is 0 Å². The lowest BCUT2D eigenvalue weighted by Gasteiger charge is -1.74. The number of nitrogens with two attached hydrogens (primary N) is 1. The van der Waals surface area contributed by atoms with E-state index in [-0.39, 0.29) is 16.8 Å². The molecule has 3 nitrogen and oxygen atoms in total. The molecule has 0 aliphatic heterocycles. The molecule has 0 aromatic rings. The third-order valence-electron chi connectivity index (χ3n) is 0.453. The van der Waals surface area contributed by atoms with Crippen molar-refractivity contribution in [2.24, 2.45) is 5.73 Å². The minimum absolute atomic E-state index is 0. The summed E-state index contributed by atoms with van der Waals surface area (Å²) < 4.78 is 0.0895. The topological polar surface area (TPSA) is 96.0 Å². The largest absolute Gasteiger partial charge is 0.344 e. The van der Waals surface area contributed by atoms with Gasteiger partial charge in [-0.15, -0.1) is 6.58 Å². The summed E-state index contributed by atoms with van der Waals surface area (Å²) in [5, 5.41) is 0. The fourth-order valence-electron chi connectivity index (χ4n) is 0.118. The maximum Gasteiger partial charge on any atom is 0.118 e. The zero-order valence-corrected chi connectivity index (χ0v) is 9.17. The molecule has 0 aliphatic rings. The molecule has 0 aliphatic carbocycles. The Kier molecular flexibility index (Phi) is 42.7. The molecule has 0 heterocycles. The van der Waals surface area contributed by atoms with Crippen LogP contribution in [-0.4, -0.2) is 6.54 Å². The standard InChI is InChI=1S/C4H9N.C2HCl3.2H3N/c1-2-3-4-5;3-1-2(4)5;;/h2H,1,3-5H2;1H;2*1H3. The molecule has 0 radical (unpaired) electrons. The van der Waals surface area contributed by atoms with Crippen molar-refractivity contribution in [2.75, 3.05) is 6.54 Å². The van der Waals surface area contributed by atoms with E-state index >= 15 is 0 Å². The van der Waals surface area contributed by atoms with E-state index in [4.69, 9.17) is 40.5 Å². The van der Waals surface area contributed by atoms with Crippen LogP contribution >= 0.6 is 34.8 Å². The highest BCUT2D eigenvalue weighted by Crippen LogP contribution is 2.05. The van der Waals surface area contributed by atoms with E-state index in [1.54, 1.807) is 6.08 Å². The minimum atomic E-state index is 0. The van der Waals surface area contributed by atoms with Crippen molar-refractivity contribution < 1.29 is 0 Å². The Bertz CT molecular complexity index is 102. The van der Waals surface area contributed by atoms with Gasteiger partial charge in [-0.25, -0.2) is 0 Å². The molecule has 76 valence electrons. The number of halogens is 3. The first kappa shape index (κ1) is 22.8. The molecule has 0 atom stereocenters. The van der Waals surface area contributed by atoms with Crippen molar-refractivity contribution in [2.45, 2.75) is 6.42 Å². The van der Waals surface area contributed by atoms with Crippen LogP contribution in [0.5, 0.6) is 0 Å². The van der Waals surface area contributed by atoms with Crippen LogP contribution in [0.25, 0.3) is 0 Å². The lowest BCUT2D eigenvalue weighted by molar-refractivity contribution is 1.01. The summed E-state index contributed by atoms with van der Waals surface area (Å²) in [6.45, 7) is 4.20. The third-order valence-corrected chi connectivity index (χ3v) is 1.11. The molecular formula is C6H16Cl3N3. The molecule has 0 saturated heterocycles. The van der Waals surface area contributed by atoms with Gasteiger partial charge in [0.1, 0.15) is 4.49 Å². The average Bonchev–Trinajstić information content (AvgIpc) is 1.91. The van der Waals surface area contributed by atoms with Gasteiger partial charge in [-0.3, -0.25) is 0 Å². The third kappa shape index (κ3) is 48.7. The van der Waals surface area contributed by atoms with Gasteiger partial charge in [0, 0.05) is 5.54 Å². The van der Waals surface area contributed by atoms with Crippen LogP contribution in [-0.2, 0) is 0 Å². The van der Waals surface area contributed by atoms with Gasteiger partial charge in [0.2, 0.25) is 0 Å². The Morgan fingerprint density at radius 1 is 1.33 bits per heavy atom. The van der Waals surface area contributed by atoms with Gasteiger partial charge in [0.15, 0.2) is 0 Å². The first-order valence-electron chi connectivity index (χ1n) is 2.61. The Morgan fingerprint density at radius 3 is 1.67 bits per heavy atom. The maximum atomic E-state index is 5.07. The maximum absolute atomic E-state index is 5.07. The van der Waals surface area contributed by atoms with E-state index in [9.17, 15) is 0 Å². The number of rotatable bonds is 2. The fraction of sp³-hybridized carbons (Fsp3) is 0.333. The lowest BCUT2D eigenvalue weighted by Crippen LogP contribution is -1.94. The first-order valence-corrected chi connectivity index (χ1v) is 3.80. The van der Waals surface area contributed by atoms with Gasteiger partial charge < -0.3 is 18.0 Å². The highest BCUT2D eigenvalue weighted by molar-refractivity contribution is 6.58. The molecule has 0 saturated carbocycles. The zero-order chi connectivity index (χ0) is 8.41. The molecule has 0 bridgehead atoms. The molecular weight excluding hydrogens is 220 g/mol. The van der Waals surface area contributed by atoms with E-state index in [0.717, 1.165) is 18.5 Å². The Morgan fingerprint density at radius 2 is 1.67 bits per heavy atom. The summed E-state index contributed by atoms with van der Waals surface area (Å²) in [7, 11) is 0. The summed E-state index contributed by atoms with van der Waals surface area (Å²) in [6, 6.07) is 0. The lowest BCUT2D eigenvalue weighted by atomic mass is 10.4. The zero-order valence-electron chi connectivity index (χ0n) is 6.90. The molecule has 12 heavy (non-hydrogen) atoms. The molecule has 0 rings (SSSR count). The number of hydrogen-bond acceptors (Lipinski definition) is 3. The summed E-state index contributed by atoms with van der Waals surface area (Å²) in [4.78, 5) is 0. The molecule has 0 amide bonds. The van der Waals surface area contributed by atoms with Gasteiger partial charge in [-0.2, -0.15) is 0 Å². The second kappa shape index (κ2) is 22.5. The smallest absolute Gasteiger partial charge is 0.118 e.